The molecule has 0 amide bonds. The van der Waals surface area contributed by atoms with Crippen LogP contribution in [0, 0.1) is 0 Å². The number of rotatable bonds is 4. The van der Waals surface area contributed by atoms with Crippen LogP contribution in [0.2, 0.25) is 0 Å². The van der Waals surface area contributed by atoms with Crippen molar-refractivity contribution in [2.45, 2.75) is 13.8 Å². The molecule has 0 radical (unpaired) electrons. The van der Waals surface area contributed by atoms with Gasteiger partial charge in [0.1, 0.15) is 11.5 Å². The summed E-state index contributed by atoms with van der Waals surface area (Å²) in [4.78, 5) is 22.2. The molecule has 0 spiro atoms. The van der Waals surface area contributed by atoms with Gasteiger partial charge < -0.3 is 9.47 Å². The van der Waals surface area contributed by atoms with Crippen molar-refractivity contribution < 1.29 is 19.1 Å². The van der Waals surface area contributed by atoms with Crippen molar-refractivity contribution in [1.82, 2.24) is 0 Å². The molecular formula is C18H16O4. The smallest absolute Gasteiger partial charge is 0.308 e. The first-order chi connectivity index (χ1) is 10.6. The molecule has 0 unspecified atom stereocenters. The minimum atomic E-state index is -0.374. The number of benzene rings is 2. The van der Waals surface area contributed by atoms with Crippen LogP contribution in [-0.4, -0.2) is 11.9 Å². The third-order valence-electron chi connectivity index (χ3n) is 2.79. The highest BCUT2D eigenvalue weighted by atomic mass is 16.5. The van der Waals surface area contributed by atoms with Gasteiger partial charge >= 0.3 is 11.9 Å². The number of carbonyl (C=O) groups is 2. The molecule has 4 heteroatoms. The van der Waals surface area contributed by atoms with Gasteiger partial charge in [0.2, 0.25) is 0 Å². The van der Waals surface area contributed by atoms with Gasteiger partial charge in [-0.1, -0.05) is 48.6 Å². The molecule has 0 aliphatic carbocycles. The number of ether oxygens (including phenoxy) is 2. The van der Waals surface area contributed by atoms with Crippen LogP contribution in [0.1, 0.15) is 25.0 Å². The van der Waals surface area contributed by atoms with Gasteiger partial charge in [0, 0.05) is 25.0 Å². The van der Waals surface area contributed by atoms with Gasteiger partial charge in [-0.15, -0.1) is 0 Å². The van der Waals surface area contributed by atoms with Gasteiger partial charge in [0.15, 0.2) is 0 Å². The third-order valence-corrected chi connectivity index (χ3v) is 2.79. The lowest BCUT2D eigenvalue weighted by atomic mass is 10.1. The van der Waals surface area contributed by atoms with E-state index in [2.05, 4.69) is 0 Å². The summed E-state index contributed by atoms with van der Waals surface area (Å²) in [6.07, 6.45) is 3.61. The molecule has 2 aromatic carbocycles. The summed E-state index contributed by atoms with van der Waals surface area (Å²) in [5.74, 6) is 0.217. The first-order valence-electron chi connectivity index (χ1n) is 6.79. The number of hydrogen-bond donors (Lipinski definition) is 0. The summed E-state index contributed by atoms with van der Waals surface area (Å²) < 4.78 is 10.3. The predicted molar refractivity (Wildman–Crippen MR) is 84.4 cm³/mol. The summed E-state index contributed by atoms with van der Waals surface area (Å²) in [7, 11) is 0. The topological polar surface area (TPSA) is 52.6 Å². The number of carbonyl (C=O) groups excluding carboxylic acids is 2. The lowest BCUT2D eigenvalue weighted by molar-refractivity contribution is -0.132. The maximum Gasteiger partial charge on any atom is 0.308 e. The quantitative estimate of drug-likeness (QED) is 0.490. The van der Waals surface area contributed by atoms with E-state index in [0.29, 0.717) is 11.5 Å². The van der Waals surface area contributed by atoms with Crippen LogP contribution >= 0.6 is 0 Å². The molecule has 22 heavy (non-hydrogen) atoms. The highest BCUT2D eigenvalue weighted by Gasteiger charge is 2.05. The van der Waals surface area contributed by atoms with Gasteiger partial charge in [-0.2, -0.15) is 0 Å². The van der Waals surface area contributed by atoms with Crippen LogP contribution in [0.4, 0.5) is 0 Å². The van der Waals surface area contributed by atoms with Gasteiger partial charge in [-0.3, -0.25) is 9.59 Å². The normalized spacial score (nSPS) is 10.5. The van der Waals surface area contributed by atoms with E-state index in [1.165, 1.54) is 13.8 Å². The van der Waals surface area contributed by atoms with Crippen molar-refractivity contribution in [1.29, 1.82) is 0 Å². The Morgan fingerprint density at radius 1 is 0.727 bits per heavy atom. The zero-order valence-electron chi connectivity index (χ0n) is 12.4. The molecule has 2 rings (SSSR count). The van der Waals surface area contributed by atoms with E-state index in [9.17, 15) is 9.59 Å². The highest BCUT2D eigenvalue weighted by molar-refractivity contribution is 5.79. The van der Waals surface area contributed by atoms with Crippen LogP contribution in [0.5, 0.6) is 11.5 Å². The van der Waals surface area contributed by atoms with Crippen LogP contribution in [0.3, 0.4) is 0 Å². The maximum atomic E-state index is 11.1. The fraction of sp³-hybridized carbons (Fsp3) is 0.111. The first kappa shape index (κ1) is 15.5. The van der Waals surface area contributed by atoms with Crippen LogP contribution in [0.15, 0.2) is 48.5 Å². The van der Waals surface area contributed by atoms with E-state index in [1.807, 2.05) is 24.3 Å². The summed E-state index contributed by atoms with van der Waals surface area (Å²) in [6.45, 7) is 2.72. The minimum absolute atomic E-state index is 0.374. The summed E-state index contributed by atoms with van der Waals surface area (Å²) in [5, 5.41) is 0. The zero-order valence-corrected chi connectivity index (χ0v) is 12.4. The Balaban J connectivity index is 2.29. The molecule has 4 nitrogen and oxygen atoms in total. The van der Waals surface area contributed by atoms with Gasteiger partial charge in [0.25, 0.3) is 0 Å². The predicted octanol–water partition coefficient (Wildman–Crippen LogP) is 3.71. The molecule has 0 aliphatic rings. The van der Waals surface area contributed by atoms with Crippen molar-refractivity contribution in [2.24, 2.45) is 0 Å². The third kappa shape index (κ3) is 4.31. The Labute approximate surface area is 129 Å². The highest BCUT2D eigenvalue weighted by Crippen LogP contribution is 2.24. The average Bonchev–Trinajstić information content (AvgIpc) is 2.46. The van der Waals surface area contributed by atoms with Crippen LogP contribution in [0.25, 0.3) is 12.2 Å². The fourth-order valence-corrected chi connectivity index (χ4v) is 1.91. The molecule has 112 valence electrons. The second kappa shape index (κ2) is 7.22. The van der Waals surface area contributed by atoms with E-state index in [-0.39, 0.29) is 11.9 Å². The first-order valence-corrected chi connectivity index (χ1v) is 6.79. The van der Waals surface area contributed by atoms with E-state index in [1.54, 1.807) is 36.4 Å². The monoisotopic (exact) mass is 296 g/mol. The van der Waals surface area contributed by atoms with Gasteiger partial charge in [-0.05, 0) is 12.1 Å². The zero-order chi connectivity index (χ0) is 15.9. The average molecular weight is 296 g/mol. The lowest BCUT2D eigenvalue weighted by Crippen LogP contribution is -2.03. The van der Waals surface area contributed by atoms with Crippen molar-refractivity contribution in [2.75, 3.05) is 0 Å². The molecule has 0 aliphatic heterocycles. The van der Waals surface area contributed by atoms with E-state index < -0.39 is 0 Å². The van der Waals surface area contributed by atoms with Gasteiger partial charge in [-0.25, -0.2) is 0 Å². The minimum Gasteiger partial charge on any atom is -0.426 e. The number of para-hydroxylation sites is 2. The molecule has 2 aromatic rings. The molecule has 0 heterocycles. The summed E-state index contributed by atoms with van der Waals surface area (Å²) in [6, 6.07) is 14.4. The second-order valence-corrected chi connectivity index (χ2v) is 4.60. The molecule has 0 aromatic heterocycles. The van der Waals surface area contributed by atoms with Crippen molar-refractivity contribution in [3.8, 4) is 11.5 Å². The largest absolute Gasteiger partial charge is 0.426 e. The van der Waals surface area contributed by atoms with Crippen molar-refractivity contribution >= 4 is 24.1 Å². The molecule has 0 saturated heterocycles. The van der Waals surface area contributed by atoms with E-state index >= 15 is 0 Å². The molecule has 0 fully saturated rings. The molecule has 0 bridgehead atoms. The molecule has 0 atom stereocenters. The Bertz CT molecular complexity index is 655. The number of esters is 2. The SMILES string of the molecule is CC(=O)Oc1ccccc1/C=C/c1ccccc1OC(C)=O. The summed E-state index contributed by atoms with van der Waals surface area (Å²) in [5.41, 5.74) is 1.52. The maximum absolute atomic E-state index is 11.1. The van der Waals surface area contributed by atoms with Crippen LogP contribution in [-0.2, 0) is 9.59 Å². The van der Waals surface area contributed by atoms with Crippen LogP contribution < -0.4 is 9.47 Å². The van der Waals surface area contributed by atoms with Crippen molar-refractivity contribution in [3.63, 3.8) is 0 Å². The number of hydrogen-bond acceptors (Lipinski definition) is 4. The Hall–Kier alpha value is -2.88. The molecule has 0 N–H and O–H groups in total. The Kier molecular flexibility index (Phi) is 5.09. The Morgan fingerprint density at radius 3 is 1.45 bits per heavy atom. The lowest BCUT2D eigenvalue weighted by Gasteiger charge is -2.06. The second-order valence-electron chi connectivity index (χ2n) is 4.60. The molecule has 0 saturated carbocycles. The fourth-order valence-electron chi connectivity index (χ4n) is 1.91. The van der Waals surface area contributed by atoms with Gasteiger partial charge in [0.05, 0.1) is 0 Å². The molecular weight excluding hydrogens is 280 g/mol. The standard InChI is InChI=1S/C18H16O4/c1-13(19)21-17-9-5-3-7-15(17)11-12-16-8-4-6-10-18(16)22-14(2)20/h3-12H,1-2H3/b12-11+. The Morgan fingerprint density at radius 2 is 1.09 bits per heavy atom. The van der Waals surface area contributed by atoms with E-state index in [4.69, 9.17) is 9.47 Å². The van der Waals surface area contributed by atoms with Crippen molar-refractivity contribution in [3.05, 3.63) is 59.7 Å². The van der Waals surface area contributed by atoms with E-state index in [0.717, 1.165) is 11.1 Å². The summed E-state index contributed by atoms with van der Waals surface area (Å²) >= 11 is 0.